The molecule has 53 heavy (non-hydrogen) atoms. The van der Waals surface area contributed by atoms with E-state index >= 15 is 0 Å². The van der Waals surface area contributed by atoms with Gasteiger partial charge in [-0.25, -0.2) is 24.1 Å². The lowest BCUT2D eigenvalue weighted by atomic mass is 10.0. The predicted octanol–water partition coefficient (Wildman–Crippen LogP) is 4.97. The number of fused-ring (bicyclic) bond motifs is 2. The first-order valence-electron chi connectivity index (χ1n) is 18.2. The van der Waals surface area contributed by atoms with Crippen LogP contribution in [0.4, 0.5) is 15.3 Å². The number of allylic oxidation sites excluding steroid dienone is 1. The number of alkyl carbamates (subject to hydrolysis) is 1. The van der Waals surface area contributed by atoms with Gasteiger partial charge in [-0.2, -0.15) is 0 Å². The van der Waals surface area contributed by atoms with Gasteiger partial charge < -0.3 is 29.2 Å². The smallest absolute Gasteiger partial charge is 0.418 e. The maximum absolute atomic E-state index is 14.8. The maximum atomic E-state index is 14.8. The van der Waals surface area contributed by atoms with Gasteiger partial charge in [-0.15, -0.1) is 0 Å². The van der Waals surface area contributed by atoms with Gasteiger partial charge in [-0.3, -0.25) is 19.7 Å². The molecule has 2 aliphatic carbocycles. The zero-order valence-corrected chi connectivity index (χ0v) is 30.6. The summed E-state index contributed by atoms with van der Waals surface area (Å²) in [4.78, 5) is 95.6. The van der Waals surface area contributed by atoms with Crippen molar-refractivity contribution in [2.24, 2.45) is 5.92 Å². The number of carbonyl (C=O) groups is 6. The standard InChI is InChI=1S/C37H48N4O12/c1-36(2,3)53-35(47)40-31(43)29-20-27(51-32(44)23-16-18-25(19-17-23)41(48)49)22-39(29)30(42)28(38-34(46)52-26-13-10-11-14-26)15-9-7-5-6-8-12-24-21-37(24,40)33(45)50-4/h8,12,16-19,24,26-29H,5-7,9-11,13-15,20-22H2,1-4H3,(H,38,46)/b12-8-/t24-,27+,28+,29+,37-/m1/s1. The van der Waals surface area contributed by atoms with E-state index in [1.807, 2.05) is 6.08 Å². The molecule has 5 atom stereocenters. The lowest BCUT2D eigenvalue weighted by Gasteiger charge is -2.35. The Morgan fingerprint density at radius 1 is 0.925 bits per heavy atom. The molecular weight excluding hydrogens is 692 g/mol. The van der Waals surface area contributed by atoms with E-state index in [-0.39, 0.29) is 43.2 Å². The minimum Gasteiger partial charge on any atom is -0.467 e. The highest BCUT2D eigenvalue weighted by atomic mass is 16.6. The highest BCUT2D eigenvalue weighted by Crippen LogP contribution is 2.52. The summed E-state index contributed by atoms with van der Waals surface area (Å²) in [6.07, 6.45) is 6.40. The Bertz CT molecular complexity index is 1620. The number of nitro groups is 1. The van der Waals surface area contributed by atoms with Gasteiger partial charge in [0.2, 0.25) is 5.91 Å². The monoisotopic (exact) mass is 740 g/mol. The van der Waals surface area contributed by atoms with Gasteiger partial charge in [0.05, 0.1) is 24.1 Å². The van der Waals surface area contributed by atoms with Crippen molar-refractivity contribution in [1.29, 1.82) is 0 Å². The highest BCUT2D eigenvalue weighted by Gasteiger charge is 2.69. The lowest BCUT2D eigenvalue weighted by molar-refractivity contribution is -0.384. The van der Waals surface area contributed by atoms with E-state index in [4.69, 9.17) is 18.9 Å². The van der Waals surface area contributed by atoms with Crippen LogP contribution < -0.4 is 5.32 Å². The topological polar surface area (TPSA) is 201 Å². The van der Waals surface area contributed by atoms with E-state index in [2.05, 4.69) is 5.32 Å². The van der Waals surface area contributed by atoms with Crippen LogP contribution in [-0.2, 0) is 33.3 Å². The number of benzene rings is 1. The first kappa shape index (κ1) is 39.2. The Balaban J connectivity index is 1.51. The fraction of sp³-hybridized carbons (Fsp3) is 0.622. The quantitative estimate of drug-likeness (QED) is 0.135. The third-order valence-electron chi connectivity index (χ3n) is 10.0. The van der Waals surface area contributed by atoms with E-state index in [9.17, 15) is 38.9 Å². The molecule has 0 aromatic heterocycles. The maximum Gasteiger partial charge on any atom is 0.418 e. The van der Waals surface area contributed by atoms with Crippen molar-refractivity contribution in [2.75, 3.05) is 13.7 Å². The number of carbonyl (C=O) groups excluding carboxylic acids is 6. The number of imide groups is 1. The molecular formula is C37H48N4O12. The van der Waals surface area contributed by atoms with Crippen molar-refractivity contribution >= 4 is 41.6 Å². The van der Waals surface area contributed by atoms with Gasteiger partial charge >= 0.3 is 24.1 Å². The van der Waals surface area contributed by atoms with Crippen LogP contribution >= 0.6 is 0 Å². The number of non-ortho nitro benzene ring substituents is 1. The van der Waals surface area contributed by atoms with Crippen molar-refractivity contribution in [2.45, 2.75) is 127 Å². The van der Waals surface area contributed by atoms with E-state index in [0.29, 0.717) is 32.1 Å². The number of hydrogen-bond donors (Lipinski definition) is 1. The van der Waals surface area contributed by atoms with Crippen LogP contribution in [0.25, 0.3) is 0 Å². The third-order valence-corrected chi connectivity index (χ3v) is 10.0. The Morgan fingerprint density at radius 2 is 1.60 bits per heavy atom. The average Bonchev–Trinajstić information content (AvgIpc) is 3.38. The zero-order valence-electron chi connectivity index (χ0n) is 30.6. The van der Waals surface area contributed by atoms with Gasteiger partial charge in [0, 0.05) is 24.5 Å². The Labute approximate surface area is 307 Å². The van der Waals surface area contributed by atoms with Crippen LogP contribution in [0, 0.1) is 16.0 Å². The number of nitrogens with zero attached hydrogens (tertiary/aromatic N) is 3. The number of amides is 4. The van der Waals surface area contributed by atoms with Crippen LogP contribution in [0.1, 0.15) is 102 Å². The third kappa shape index (κ3) is 9.14. The molecule has 0 unspecified atom stereocenters. The van der Waals surface area contributed by atoms with Crippen molar-refractivity contribution in [3.05, 3.63) is 52.1 Å². The van der Waals surface area contributed by atoms with Crippen LogP contribution in [0.5, 0.6) is 0 Å². The fourth-order valence-electron chi connectivity index (χ4n) is 7.31. The number of rotatable bonds is 6. The van der Waals surface area contributed by atoms with Gasteiger partial charge in [0.25, 0.3) is 11.6 Å². The van der Waals surface area contributed by atoms with Crippen LogP contribution in [0.15, 0.2) is 36.4 Å². The second-order valence-electron chi connectivity index (χ2n) is 15.0. The van der Waals surface area contributed by atoms with Crippen LogP contribution in [-0.4, -0.2) is 99.7 Å². The number of esters is 2. The molecule has 5 rings (SSSR count). The van der Waals surface area contributed by atoms with Crippen molar-refractivity contribution in [1.82, 2.24) is 15.1 Å². The molecule has 2 heterocycles. The largest absolute Gasteiger partial charge is 0.467 e. The fourth-order valence-corrected chi connectivity index (χ4v) is 7.31. The molecule has 2 saturated carbocycles. The molecule has 1 aromatic rings. The van der Waals surface area contributed by atoms with E-state index in [0.717, 1.165) is 43.4 Å². The average molecular weight is 741 g/mol. The van der Waals surface area contributed by atoms with Crippen molar-refractivity contribution in [3.8, 4) is 0 Å². The summed E-state index contributed by atoms with van der Waals surface area (Å²) in [6.45, 7) is 4.54. The minimum atomic E-state index is -1.75. The Morgan fingerprint density at radius 3 is 2.25 bits per heavy atom. The van der Waals surface area contributed by atoms with Crippen LogP contribution in [0.2, 0.25) is 0 Å². The number of hydrogen-bond acceptors (Lipinski definition) is 12. The first-order valence-corrected chi connectivity index (χ1v) is 18.2. The van der Waals surface area contributed by atoms with Crippen LogP contribution in [0.3, 0.4) is 0 Å². The number of ether oxygens (including phenoxy) is 4. The molecule has 3 fully saturated rings. The summed E-state index contributed by atoms with van der Waals surface area (Å²) in [5, 5.41) is 13.8. The van der Waals surface area contributed by atoms with Gasteiger partial charge in [-0.1, -0.05) is 25.0 Å². The van der Waals surface area contributed by atoms with Gasteiger partial charge in [0.1, 0.15) is 29.9 Å². The van der Waals surface area contributed by atoms with Crippen molar-refractivity contribution < 1.29 is 52.6 Å². The normalized spacial score (nSPS) is 27.3. The molecule has 0 spiro atoms. The summed E-state index contributed by atoms with van der Waals surface area (Å²) in [6, 6.07) is 2.19. The summed E-state index contributed by atoms with van der Waals surface area (Å²) in [5.74, 6) is -3.87. The molecule has 4 aliphatic rings. The molecule has 288 valence electrons. The van der Waals surface area contributed by atoms with Crippen molar-refractivity contribution in [3.63, 3.8) is 0 Å². The Kier molecular flexibility index (Phi) is 12.1. The number of nitro benzene ring substituents is 1. The SMILES string of the molecule is COC(=O)[C@@]12C[C@H]1/C=C\CCCCC[C@H](NC(=O)OC1CCCC1)C(=O)N1C[C@@H](OC(=O)c3ccc([N+](=O)[O-])cc3)C[C@H]1C(=O)N2C(=O)OC(C)(C)C. The molecule has 2 aliphatic heterocycles. The van der Waals surface area contributed by atoms with Gasteiger partial charge in [-0.05, 0) is 84.3 Å². The summed E-state index contributed by atoms with van der Waals surface area (Å²) < 4.78 is 22.2. The number of methoxy groups -OCH3 is 1. The molecule has 1 aromatic carbocycles. The molecule has 0 bridgehead atoms. The summed E-state index contributed by atoms with van der Waals surface area (Å²) >= 11 is 0. The van der Waals surface area contributed by atoms with E-state index < -0.39 is 76.1 Å². The zero-order chi connectivity index (χ0) is 38.5. The predicted molar refractivity (Wildman–Crippen MR) is 186 cm³/mol. The summed E-state index contributed by atoms with van der Waals surface area (Å²) in [7, 11) is 1.16. The second-order valence-corrected chi connectivity index (χ2v) is 15.0. The van der Waals surface area contributed by atoms with E-state index in [1.165, 1.54) is 17.0 Å². The molecule has 4 amide bonds. The molecule has 1 saturated heterocycles. The highest BCUT2D eigenvalue weighted by molar-refractivity contribution is 6.04. The van der Waals surface area contributed by atoms with Gasteiger partial charge in [0.15, 0.2) is 5.54 Å². The lowest BCUT2D eigenvalue weighted by Crippen LogP contribution is -2.60. The number of nitrogens with one attached hydrogen (secondary N) is 1. The molecule has 1 N–H and O–H groups in total. The molecule has 16 nitrogen and oxygen atoms in total. The minimum absolute atomic E-state index is 0.000420. The second kappa shape index (κ2) is 16.3. The first-order chi connectivity index (χ1) is 25.1. The van der Waals surface area contributed by atoms with E-state index in [1.54, 1.807) is 26.8 Å². The molecule has 16 heteroatoms. The Hall–Kier alpha value is -5.02. The molecule has 0 radical (unpaired) electrons. The summed E-state index contributed by atoms with van der Waals surface area (Å²) in [5.41, 5.74) is -3.06.